The van der Waals surface area contributed by atoms with Crippen molar-refractivity contribution in [3.05, 3.63) is 76.3 Å². The lowest BCUT2D eigenvalue weighted by atomic mass is 9.94. The first kappa shape index (κ1) is 27.0. The average Bonchev–Trinajstić information content (AvgIpc) is 2.87. The molecule has 188 valence electrons. The Morgan fingerprint density at radius 2 is 1.56 bits per heavy atom. The molecule has 11 heteroatoms. The molecule has 4 rings (SSSR count). The third-order valence-corrected chi connectivity index (χ3v) is 6.49. The van der Waals surface area contributed by atoms with Gasteiger partial charge in [-0.25, -0.2) is 9.79 Å². The predicted molar refractivity (Wildman–Crippen MR) is 132 cm³/mol. The minimum atomic E-state index is -0.775. The molecule has 2 aromatic carbocycles. The van der Waals surface area contributed by atoms with E-state index in [1.54, 1.807) is 69.7 Å². The standard InChI is InChI=1S/C25H23N3O6S.BrH/c1-14-21(24(31)34-4)22(15-5-9-17(32-2)10-6-15)28-20(29)13-19(35-25(28)26-14)23(30)27-16-7-11-18(33-3)12-8-16;/h5-13,22H,1-4H3,(H,27,30);1H/p-1. The maximum Gasteiger partial charge on any atom is 0.338 e. The number of aliphatic imine (C=N–C) groups is 1. The monoisotopic (exact) mass is 572 g/mol. The molecule has 0 radical (unpaired) electrons. The molecular weight excluding hydrogens is 550 g/mol. The summed E-state index contributed by atoms with van der Waals surface area (Å²) >= 11 is 1.05. The van der Waals surface area contributed by atoms with Crippen LogP contribution < -0.4 is 31.8 Å². The maximum absolute atomic E-state index is 13.3. The van der Waals surface area contributed by atoms with Crippen LogP contribution in [0.25, 0.3) is 0 Å². The fourth-order valence-corrected chi connectivity index (χ4v) is 4.72. The van der Waals surface area contributed by atoms with Gasteiger partial charge in [0.1, 0.15) is 11.5 Å². The molecule has 9 nitrogen and oxygen atoms in total. The number of thioether (sulfide) groups is 1. The van der Waals surface area contributed by atoms with Crippen LogP contribution in [0.15, 0.2) is 75.8 Å². The summed E-state index contributed by atoms with van der Waals surface area (Å²) in [6, 6.07) is 13.1. The van der Waals surface area contributed by atoms with Crippen LogP contribution in [0.2, 0.25) is 0 Å². The van der Waals surface area contributed by atoms with Gasteiger partial charge in [-0.1, -0.05) is 12.1 Å². The Hall–Kier alpha value is -3.57. The molecule has 0 saturated heterocycles. The van der Waals surface area contributed by atoms with E-state index in [-0.39, 0.29) is 27.5 Å². The van der Waals surface area contributed by atoms with E-state index >= 15 is 0 Å². The second-order valence-electron chi connectivity index (χ2n) is 7.56. The van der Waals surface area contributed by atoms with Crippen molar-refractivity contribution >= 4 is 40.4 Å². The number of amidine groups is 1. The number of methoxy groups -OCH3 is 3. The van der Waals surface area contributed by atoms with Gasteiger partial charge in [0, 0.05) is 11.8 Å². The van der Waals surface area contributed by atoms with Crippen molar-refractivity contribution in [2.24, 2.45) is 4.99 Å². The summed E-state index contributed by atoms with van der Waals surface area (Å²) in [6.07, 6.45) is 1.24. The number of allylic oxidation sites excluding steroid dienone is 1. The summed E-state index contributed by atoms with van der Waals surface area (Å²) < 4.78 is 15.3. The fourth-order valence-electron chi connectivity index (χ4n) is 3.75. The Bertz CT molecular complexity index is 1270. The largest absolute Gasteiger partial charge is 1.00 e. The molecule has 2 heterocycles. The number of amides is 2. The average molecular weight is 573 g/mol. The molecule has 2 aliphatic heterocycles. The van der Waals surface area contributed by atoms with Crippen LogP contribution >= 0.6 is 11.8 Å². The van der Waals surface area contributed by atoms with E-state index in [1.165, 1.54) is 18.1 Å². The summed E-state index contributed by atoms with van der Waals surface area (Å²) in [5.74, 6) is -0.217. The molecule has 0 saturated carbocycles. The van der Waals surface area contributed by atoms with Crippen LogP contribution in [-0.4, -0.2) is 49.2 Å². The molecule has 0 bridgehead atoms. The number of benzene rings is 2. The molecule has 1 N–H and O–H groups in total. The Balaban J connectivity index is 0.00000361. The zero-order valence-electron chi connectivity index (χ0n) is 19.9. The van der Waals surface area contributed by atoms with Crippen molar-refractivity contribution in [3.63, 3.8) is 0 Å². The van der Waals surface area contributed by atoms with Crippen LogP contribution in [0.4, 0.5) is 5.69 Å². The third kappa shape index (κ3) is 5.31. The van der Waals surface area contributed by atoms with Crippen molar-refractivity contribution in [1.82, 2.24) is 4.90 Å². The van der Waals surface area contributed by atoms with Gasteiger partial charge in [0.15, 0.2) is 5.17 Å². The molecule has 0 spiro atoms. The van der Waals surface area contributed by atoms with Crippen molar-refractivity contribution in [3.8, 4) is 11.5 Å². The van der Waals surface area contributed by atoms with Gasteiger partial charge in [-0.2, -0.15) is 0 Å². The Kier molecular flexibility index (Phi) is 8.59. The zero-order valence-corrected chi connectivity index (χ0v) is 22.3. The van der Waals surface area contributed by atoms with Gasteiger partial charge in [0.2, 0.25) is 0 Å². The van der Waals surface area contributed by atoms with E-state index in [9.17, 15) is 14.4 Å². The van der Waals surface area contributed by atoms with E-state index in [2.05, 4.69) is 10.3 Å². The number of anilines is 1. The van der Waals surface area contributed by atoms with Crippen molar-refractivity contribution in [2.45, 2.75) is 13.0 Å². The van der Waals surface area contributed by atoms with Crippen LogP contribution in [0, 0.1) is 0 Å². The predicted octanol–water partition coefficient (Wildman–Crippen LogP) is 0.663. The Morgan fingerprint density at radius 3 is 2.11 bits per heavy atom. The van der Waals surface area contributed by atoms with E-state index in [0.29, 0.717) is 33.6 Å². The van der Waals surface area contributed by atoms with Crippen molar-refractivity contribution in [2.75, 3.05) is 26.6 Å². The first-order chi connectivity index (χ1) is 16.9. The second-order valence-corrected chi connectivity index (χ2v) is 8.57. The summed E-state index contributed by atoms with van der Waals surface area (Å²) in [6.45, 7) is 1.67. The van der Waals surface area contributed by atoms with Crippen LogP contribution in [-0.2, 0) is 19.1 Å². The summed E-state index contributed by atoms with van der Waals surface area (Å²) in [5, 5.41) is 3.07. The van der Waals surface area contributed by atoms with Gasteiger partial charge in [-0.05, 0) is 60.6 Å². The number of rotatable bonds is 6. The molecule has 36 heavy (non-hydrogen) atoms. The lowest BCUT2D eigenvalue weighted by Gasteiger charge is -2.38. The first-order valence-electron chi connectivity index (χ1n) is 10.6. The lowest BCUT2D eigenvalue weighted by Crippen LogP contribution is -3.00. The lowest BCUT2D eigenvalue weighted by molar-refractivity contribution is -0.137. The highest BCUT2D eigenvalue weighted by Crippen LogP contribution is 2.42. The van der Waals surface area contributed by atoms with Gasteiger partial charge in [0.25, 0.3) is 11.8 Å². The number of carbonyl (C=O) groups excluding carboxylic acids is 3. The second kappa shape index (κ2) is 11.4. The first-order valence-corrected chi connectivity index (χ1v) is 11.4. The fraction of sp³-hybridized carbons (Fsp3) is 0.200. The number of halogens is 1. The van der Waals surface area contributed by atoms with Gasteiger partial charge < -0.3 is 36.5 Å². The summed E-state index contributed by atoms with van der Waals surface area (Å²) in [4.78, 5) is 45.0. The third-order valence-electron chi connectivity index (χ3n) is 5.49. The van der Waals surface area contributed by atoms with Crippen LogP contribution in [0.3, 0.4) is 0 Å². The van der Waals surface area contributed by atoms with Gasteiger partial charge in [0.05, 0.1) is 43.5 Å². The SMILES string of the molecule is COC(=O)C1=C(C)N=C2SC(C(=O)Nc3ccc(OC)cc3)=CC(=O)N2C1c1ccc(OC)cc1.[Br-]. The number of ether oxygens (including phenoxy) is 3. The van der Waals surface area contributed by atoms with Crippen LogP contribution in [0.5, 0.6) is 11.5 Å². The molecule has 1 unspecified atom stereocenters. The topological polar surface area (TPSA) is 107 Å². The van der Waals surface area contributed by atoms with E-state index in [0.717, 1.165) is 11.8 Å². The number of nitrogens with zero attached hydrogens (tertiary/aromatic N) is 2. The number of nitrogens with one attached hydrogen (secondary N) is 1. The summed E-state index contributed by atoms with van der Waals surface area (Å²) in [5.41, 5.74) is 1.88. The number of hydrogen-bond acceptors (Lipinski definition) is 8. The minimum absolute atomic E-state index is 0. The highest BCUT2D eigenvalue weighted by molar-refractivity contribution is 8.18. The maximum atomic E-state index is 13.3. The number of fused-ring (bicyclic) bond motifs is 1. The van der Waals surface area contributed by atoms with Crippen molar-refractivity contribution in [1.29, 1.82) is 0 Å². The number of hydrogen-bond donors (Lipinski definition) is 1. The Morgan fingerprint density at radius 1 is 0.972 bits per heavy atom. The number of carbonyl (C=O) groups is 3. The zero-order chi connectivity index (χ0) is 25.1. The summed E-state index contributed by atoms with van der Waals surface area (Å²) in [7, 11) is 4.39. The quantitative estimate of drug-likeness (QED) is 0.507. The number of esters is 1. The highest BCUT2D eigenvalue weighted by atomic mass is 79.9. The smallest absolute Gasteiger partial charge is 0.338 e. The van der Waals surface area contributed by atoms with Crippen LogP contribution in [0.1, 0.15) is 18.5 Å². The molecule has 2 aliphatic rings. The van der Waals surface area contributed by atoms with E-state index in [1.807, 2.05) is 0 Å². The van der Waals surface area contributed by atoms with Gasteiger partial charge in [-0.3, -0.25) is 14.5 Å². The highest BCUT2D eigenvalue weighted by Gasteiger charge is 2.42. The minimum Gasteiger partial charge on any atom is -1.00 e. The van der Waals surface area contributed by atoms with E-state index in [4.69, 9.17) is 14.2 Å². The molecule has 2 aromatic rings. The Labute approximate surface area is 223 Å². The molecule has 1 atom stereocenters. The van der Waals surface area contributed by atoms with Crippen molar-refractivity contribution < 1.29 is 45.6 Å². The molecule has 0 aromatic heterocycles. The molecular formula is C25H23BrN3O6S-. The molecule has 2 amide bonds. The normalized spacial score (nSPS) is 16.7. The van der Waals surface area contributed by atoms with Gasteiger partial charge in [-0.15, -0.1) is 0 Å². The van der Waals surface area contributed by atoms with Gasteiger partial charge >= 0.3 is 5.97 Å². The molecule has 0 aliphatic carbocycles. The molecule has 0 fully saturated rings. The van der Waals surface area contributed by atoms with E-state index < -0.39 is 23.8 Å².